The molecule has 0 N–H and O–H groups in total. The molecule has 32 heavy (non-hydrogen) atoms. The molecule has 2 aliphatic heterocycles. The van der Waals surface area contributed by atoms with E-state index in [2.05, 4.69) is 52.6 Å². The normalized spacial score (nSPS) is 29.3. The van der Waals surface area contributed by atoms with Crippen LogP contribution in [0.1, 0.15) is 58.4 Å². The fourth-order valence-electron chi connectivity index (χ4n) is 4.24. The number of ketones is 1. The van der Waals surface area contributed by atoms with Gasteiger partial charge in [-0.3, -0.25) is 4.79 Å². The van der Waals surface area contributed by atoms with Crippen molar-refractivity contribution in [2.45, 2.75) is 102 Å². The summed E-state index contributed by atoms with van der Waals surface area (Å²) in [4.78, 5) is 12.5. The second kappa shape index (κ2) is 10.3. The van der Waals surface area contributed by atoms with Gasteiger partial charge in [0.1, 0.15) is 5.78 Å². The number of carbonyl (C=O) groups is 1. The lowest BCUT2D eigenvalue weighted by Gasteiger charge is -2.49. The lowest BCUT2D eigenvalue weighted by atomic mass is 9.90. The lowest BCUT2D eigenvalue weighted by Crippen LogP contribution is -2.56. The number of hydrogen-bond donors (Lipinski definition) is 0. The van der Waals surface area contributed by atoms with Crippen LogP contribution in [-0.4, -0.2) is 44.8 Å². The fraction of sp³-hybridized carbons (Fsp3) is 0.654. The molecule has 1 unspecified atom stereocenters. The van der Waals surface area contributed by atoms with Gasteiger partial charge in [0.25, 0.3) is 0 Å². The summed E-state index contributed by atoms with van der Waals surface area (Å²) in [6, 6.07) is 10.2. The molecule has 1 aromatic rings. The van der Waals surface area contributed by atoms with E-state index in [1.165, 1.54) is 0 Å². The molecule has 0 radical (unpaired) electrons. The van der Waals surface area contributed by atoms with Gasteiger partial charge < -0.3 is 18.6 Å². The highest BCUT2D eigenvalue weighted by molar-refractivity contribution is 6.74. The minimum Gasteiger partial charge on any atom is -0.414 e. The molecule has 3 rings (SSSR count). The third-order valence-electron chi connectivity index (χ3n) is 6.93. The maximum atomic E-state index is 12.5. The Morgan fingerprint density at radius 1 is 1.22 bits per heavy atom. The molecular weight excluding hydrogens is 420 g/mol. The van der Waals surface area contributed by atoms with Gasteiger partial charge in [0.2, 0.25) is 0 Å². The summed E-state index contributed by atoms with van der Waals surface area (Å²) in [6.45, 7) is 16.3. The number of rotatable bonds is 8. The first-order chi connectivity index (χ1) is 15.0. The topological polar surface area (TPSA) is 54.0 Å². The lowest BCUT2D eigenvalue weighted by molar-refractivity contribution is -0.312. The minimum atomic E-state index is -1.97. The second-order valence-corrected chi connectivity index (χ2v) is 15.5. The molecule has 0 bridgehead atoms. The van der Waals surface area contributed by atoms with E-state index < -0.39 is 14.1 Å². The summed E-state index contributed by atoms with van der Waals surface area (Å²) in [5.41, 5.74) is 1.16. The van der Waals surface area contributed by atoms with Crippen molar-refractivity contribution in [1.29, 1.82) is 0 Å². The van der Waals surface area contributed by atoms with E-state index in [4.69, 9.17) is 18.6 Å². The highest BCUT2D eigenvalue weighted by atomic mass is 28.4. The number of benzene rings is 1. The van der Waals surface area contributed by atoms with Gasteiger partial charge in [-0.05, 0) is 36.5 Å². The molecule has 6 heteroatoms. The second-order valence-electron chi connectivity index (χ2n) is 10.7. The van der Waals surface area contributed by atoms with Crippen molar-refractivity contribution < 1.29 is 23.4 Å². The van der Waals surface area contributed by atoms with Gasteiger partial charge in [0.05, 0.1) is 31.3 Å². The Morgan fingerprint density at radius 2 is 1.94 bits per heavy atom. The van der Waals surface area contributed by atoms with E-state index in [0.717, 1.165) is 18.4 Å². The van der Waals surface area contributed by atoms with Gasteiger partial charge in [-0.15, -0.1) is 6.58 Å². The van der Waals surface area contributed by atoms with Gasteiger partial charge >= 0.3 is 0 Å². The molecule has 2 fully saturated rings. The molecule has 2 heterocycles. The van der Waals surface area contributed by atoms with Crippen molar-refractivity contribution in [3.8, 4) is 0 Å². The zero-order chi connectivity index (χ0) is 23.4. The third-order valence-corrected chi connectivity index (χ3v) is 11.5. The average Bonchev–Trinajstić information content (AvgIpc) is 2.70. The van der Waals surface area contributed by atoms with Crippen molar-refractivity contribution in [3.05, 3.63) is 48.6 Å². The molecule has 0 amide bonds. The smallest absolute Gasteiger partial charge is 0.192 e. The Balaban J connectivity index is 1.68. The molecule has 0 aromatic heterocycles. The maximum Gasteiger partial charge on any atom is 0.192 e. The molecule has 1 aromatic carbocycles. The van der Waals surface area contributed by atoms with Crippen LogP contribution >= 0.6 is 0 Å². The van der Waals surface area contributed by atoms with E-state index in [9.17, 15) is 4.79 Å². The first-order valence-corrected chi connectivity index (χ1v) is 14.7. The molecule has 2 saturated heterocycles. The molecular formula is C26H40O5Si. The zero-order valence-electron chi connectivity index (χ0n) is 20.4. The number of Topliss-reactive ketones (excluding diaryl/α,β-unsaturated/α-hetero) is 1. The van der Waals surface area contributed by atoms with Crippen molar-refractivity contribution in [1.82, 2.24) is 0 Å². The van der Waals surface area contributed by atoms with Crippen molar-refractivity contribution in [2.24, 2.45) is 0 Å². The molecule has 4 atom stereocenters. The Hall–Kier alpha value is -1.31. The minimum absolute atomic E-state index is 0.000121. The van der Waals surface area contributed by atoms with E-state index in [0.29, 0.717) is 26.1 Å². The van der Waals surface area contributed by atoms with E-state index in [-0.39, 0.29) is 35.6 Å². The monoisotopic (exact) mass is 460 g/mol. The summed E-state index contributed by atoms with van der Waals surface area (Å²) in [6.07, 6.45) is 4.07. The Labute approximate surface area is 194 Å². The largest absolute Gasteiger partial charge is 0.414 e. The van der Waals surface area contributed by atoms with E-state index >= 15 is 0 Å². The Kier molecular flexibility index (Phi) is 8.15. The molecule has 0 saturated carbocycles. The van der Waals surface area contributed by atoms with Crippen LogP contribution in [0.25, 0.3) is 0 Å². The van der Waals surface area contributed by atoms with Crippen molar-refractivity contribution >= 4 is 14.1 Å². The van der Waals surface area contributed by atoms with Gasteiger partial charge in [0, 0.05) is 19.4 Å². The quantitative estimate of drug-likeness (QED) is 0.279. The predicted octanol–water partition coefficient (Wildman–Crippen LogP) is 5.79. The Morgan fingerprint density at radius 3 is 2.59 bits per heavy atom. The number of carbonyl (C=O) groups excluding carboxylic acids is 1. The van der Waals surface area contributed by atoms with Gasteiger partial charge in [-0.25, -0.2) is 0 Å². The Bertz CT molecular complexity index is 772. The molecule has 2 aliphatic rings. The highest BCUT2D eigenvalue weighted by Crippen LogP contribution is 2.44. The summed E-state index contributed by atoms with van der Waals surface area (Å²) >= 11 is 0. The van der Waals surface area contributed by atoms with Gasteiger partial charge in [0.15, 0.2) is 14.1 Å². The molecule has 178 valence electrons. The molecule has 1 spiro atoms. The first kappa shape index (κ1) is 25.3. The van der Waals surface area contributed by atoms with Crippen LogP contribution in [0.15, 0.2) is 43.0 Å². The third kappa shape index (κ3) is 6.61. The fourth-order valence-corrected chi connectivity index (χ4v) is 5.61. The zero-order valence-corrected chi connectivity index (χ0v) is 21.4. The summed E-state index contributed by atoms with van der Waals surface area (Å²) in [7, 11) is -1.97. The summed E-state index contributed by atoms with van der Waals surface area (Å²) < 4.78 is 25.5. The number of hydrogen-bond acceptors (Lipinski definition) is 5. The van der Waals surface area contributed by atoms with E-state index in [1.54, 1.807) is 6.08 Å². The molecule has 0 aliphatic carbocycles. The van der Waals surface area contributed by atoms with Crippen LogP contribution in [0.4, 0.5) is 0 Å². The van der Waals surface area contributed by atoms with Gasteiger partial charge in [-0.1, -0.05) is 57.2 Å². The predicted molar refractivity (Wildman–Crippen MR) is 129 cm³/mol. The van der Waals surface area contributed by atoms with Crippen LogP contribution in [0, 0.1) is 0 Å². The van der Waals surface area contributed by atoms with Crippen molar-refractivity contribution in [2.75, 3.05) is 6.61 Å². The van der Waals surface area contributed by atoms with Crippen LogP contribution < -0.4 is 0 Å². The van der Waals surface area contributed by atoms with E-state index in [1.807, 2.05) is 18.2 Å². The SMILES string of the molecule is C=C[C@H]1CC(=O)C[C@@]2(CC(O[Si](C)(C)C(C)(C)C)C[C@H](CCOCc3ccccc3)O2)O1. The average molecular weight is 461 g/mol. The standard InChI is InChI=1S/C26H40O5Si/c1-7-22-15-21(27)17-26(29-22)18-24(31-32(5,6)25(2,3)4)16-23(30-26)13-14-28-19-20-11-9-8-10-12-20/h7-12,22-24H,1,13-19H2,2-6H3/t22-,23-,24?,26+/m0/s1. The van der Waals surface area contributed by atoms with Crippen molar-refractivity contribution in [3.63, 3.8) is 0 Å². The maximum absolute atomic E-state index is 12.5. The highest BCUT2D eigenvalue weighted by Gasteiger charge is 2.50. The molecule has 5 nitrogen and oxygen atoms in total. The van der Waals surface area contributed by atoms with Crippen LogP contribution in [-0.2, 0) is 30.0 Å². The number of ether oxygens (including phenoxy) is 3. The van der Waals surface area contributed by atoms with Gasteiger partial charge in [-0.2, -0.15) is 0 Å². The van der Waals surface area contributed by atoms with Crippen LogP contribution in [0.3, 0.4) is 0 Å². The summed E-state index contributed by atoms with van der Waals surface area (Å²) in [5, 5.41) is 0.111. The summed E-state index contributed by atoms with van der Waals surface area (Å²) in [5.74, 6) is -0.767. The van der Waals surface area contributed by atoms with Crippen LogP contribution in [0.5, 0.6) is 0 Å². The van der Waals surface area contributed by atoms with Crippen LogP contribution in [0.2, 0.25) is 18.1 Å². The first-order valence-electron chi connectivity index (χ1n) is 11.8.